The number of ether oxygens (including phenoxy) is 1. The van der Waals surface area contributed by atoms with E-state index in [4.69, 9.17) is 15.5 Å². The minimum Gasteiger partial charge on any atom is -0.412 e. The van der Waals surface area contributed by atoms with Crippen molar-refractivity contribution in [3.63, 3.8) is 0 Å². The second kappa shape index (κ2) is 6.65. The Hall–Kier alpha value is -1.72. The van der Waals surface area contributed by atoms with Crippen molar-refractivity contribution in [2.24, 2.45) is 11.3 Å². The quantitative estimate of drug-likeness (QED) is 0.680. The molecule has 5 heteroatoms. The first-order chi connectivity index (χ1) is 11.5. The van der Waals surface area contributed by atoms with Crippen molar-refractivity contribution in [1.82, 2.24) is 0 Å². The average Bonchev–Trinajstić information content (AvgIpc) is 2.56. The van der Waals surface area contributed by atoms with E-state index in [2.05, 4.69) is 0 Å². The standard InChI is InChI=1S/C19H25NO4/c1-12-9-14(24-20)3-4-15(12)18-16(21)10-19(11-17(18)22)7-5-13(23-2)6-8-19/h3-4,9,13,18H,5-8,10-11,20H2,1-2H3. The fourth-order valence-corrected chi connectivity index (χ4v) is 4.37. The highest BCUT2D eigenvalue weighted by molar-refractivity contribution is 6.10. The maximum absolute atomic E-state index is 12.8. The summed E-state index contributed by atoms with van der Waals surface area (Å²) in [4.78, 5) is 30.4. The molecule has 3 rings (SSSR count). The highest BCUT2D eigenvalue weighted by Gasteiger charge is 2.47. The van der Waals surface area contributed by atoms with Crippen LogP contribution in [0.2, 0.25) is 0 Å². The highest BCUT2D eigenvalue weighted by Crippen LogP contribution is 2.49. The van der Waals surface area contributed by atoms with E-state index in [0.717, 1.165) is 36.8 Å². The van der Waals surface area contributed by atoms with Crippen molar-refractivity contribution in [2.45, 2.75) is 57.5 Å². The molecule has 0 unspecified atom stereocenters. The minimum absolute atomic E-state index is 0.0478. The van der Waals surface area contributed by atoms with Crippen molar-refractivity contribution in [3.8, 4) is 5.75 Å². The molecule has 0 heterocycles. The van der Waals surface area contributed by atoms with Crippen molar-refractivity contribution < 1.29 is 19.2 Å². The maximum atomic E-state index is 12.8. The minimum atomic E-state index is -0.636. The number of rotatable bonds is 3. The van der Waals surface area contributed by atoms with Gasteiger partial charge in [-0.15, -0.1) is 0 Å². The Morgan fingerprint density at radius 2 is 1.75 bits per heavy atom. The molecule has 2 N–H and O–H groups in total. The van der Waals surface area contributed by atoms with E-state index < -0.39 is 5.92 Å². The molecule has 1 aromatic carbocycles. The van der Waals surface area contributed by atoms with Crippen molar-refractivity contribution >= 4 is 11.6 Å². The molecule has 0 aliphatic heterocycles. The lowest BCUT2D eigenvalue weighted by Gasteiger charge is -2.43. The number of hydrogen-bond acceptors (Lipinski definition) is 5. The summed E-state index contributed by atoms with van der Waals surface area (Å²) in [6, 6.07) is 5.26. The molecule has 1 aromatic rings. The number of aryl methyl sites for hydroxylation is 1. The predicted molar refractivity (Wildman–Crippen MR) is 89.7 cm³/mol. The summed E-state index contributed by atoms with van der Waals surface area (Å²) in [5.74, 6) is 5.16. The number of carbonyl (C=O) groups is 2. The Morgan fingerprint density at radius 1 is 1.12 bits per heavy atom. The van der Waals surface area contributed by atoms with Crippen LogP contribution in [-0.4, -0.2) is 24.8 Å². The van der Waals surface area contributed by atoms with Gasteiger partial charge in [-0.05, 0) is 61.3 Å². The Balaban J connectivity index is 1.80. The summed E-state index contributed by atoms with van der Waals surface area (Å²) in [7, 11) is 1.73. The third kappa shape index (κ3) is 3.10. The largest absolute Gasteiger partial charge is 0.412 e. The molecule has 1 spiro atoms. The molecular formula is C19H25NO4. The molecule has 130 valence electrons. The zero-order valence-electron chi connectivity index (χ0n) is 14.3. The Labute approximate surface area is 142 Å². The Morgan fingerprint density at radius 3 is 2.25 bits per heavy atom. The third-order valence-corrected chi connectivity index (χ3v) is 5.76. The van der Waals surface area contributed by atoms with Crippen LogP contribution < -0.4 is 10.7 Å². The van der Waals surface area contributed by atoms with Gasteiger partial charge in [-0.2, -0.15) is 5.90 Å². The van der Waals surface area contributed by atoms with E-state index >= 15 is 0 Å². The average molecular weight is 331 g/mol. The van der Waals surface area contributed by atoms with Crippen molar-refractivity contribution in [1.29, 1.82) is 0 Å². The van der Waals surface area contributed by atoms with Crippen LogP contribution in [0.3, 0.4) is 0 Å². The molecule has 2 saturated carbocycles. The van der Waals surface area contributed by atoms with Crippen LogP contribution in [0.15, 0.2) is 18.2 Å². The van der Waals surface area contributed by atoms with E-state index in [1.165, 1.54) is 0 Å². The van der Waals surface area contributed by atoms with E-state index in [-0.39, 0.29) is 23.1 Å². The first-order valence-corrected chi connectivity index (χ1v) is 8.53. The summed E-state index contributed by atoms with van der Waals surface area (Å²) >= 11 is 0. The summed E-state index contributed by atoms with van der Waals surface area (Å²) in [6.07, 6.45) is 4.92. The van der Waals surface area contributed by atoms with Crippen molar-refractivity contribution in [2.75, 3.05) is 7.11 Å². The SMILES string of the molecule is COC1CCC2(CC1)CC(=O)C(c1ccc(ON)cc1C)C(=O)C2. The van der Waals surface area contributed by atoms with Gasteiger partial charge >= 0.3 is 0 Å². The zero-order valence-corrected chi connectivity index (χ0v) is 14.3. The second-order valence-corrected chi connectivity index (χ2v) is 7.29. The van der Waals surface area contributed by atoms with Crippen LogP contribution in [0, 0.1) is 12.3 Å². The first kappa shape index (κ1) is 17.1. The number of hydrogen-bond donors (Lipinski definition) is 1. The van der Waals surface area contributed by atoms with E-state index in [9.17, 15) is 9.59 Å². The van der Waals surface area contributed by atoms with Gasteiger partial charge in [0.15, 0.2) is 0 Å². The van der Waals surface area contributed by atoms with Crippen LogP contribution in [0.25, 0.3) is 0 Å². The van der Waals surface area contributed by atoms with Gasteiger partial charge in [0.2, 0.25) is 0 Å². The zero-order chi connectivity index (χ0) is 17.3. The smallest absolute Gasteiger partial charge is 0.148 e. The Kier molecular flexibility index (Phi) is 4.74. The summed E-state index contributed by atoms with van der Waals surface area (Å²) in [5, 5.41) is 0. The van der Waals surface area contributed by atoms with E-state index in [1.807, 2.05) is 6.92 Å². The van der Waals surface area contributed by atoms with Gasteiger partial charge in [0.1, 0.15) is 23.2 Å². The summed E-state index contributed by atoms with van der Waals surface area (Å²) in [6.45, 7) is 1.88. The van der Waals surface area contributed by atoms with Crippen LogP contribution in [0.1, 0.15) is 55.6 Å². The van der Waals surface area contributed by atoms with Gasteiger partial charge in [0.05, 0.1) is 6.10 Å². The number of carbonyl (C=O) groups excluding carboxylic acids is 2. The van der Waals surface area contributed by atoms with Gasteiger partial charge in [-0.3, -0.25) is 9.59 Å². The molecule has 0 saturated heterocycles. The molecule has 0 bridgehead atoms. The topological polar surface area (TPSA) is 78.6 Å². The molecule has 0 radical (unpaired) electrons. The monoisotopic (exact) mass is 331 g/mol. The predicted octanol–water partition coefficient (Wildman–Crippen LogP) is 2.84. The molecule has 0 aromatic heterocycles. The molecule has 2 fully saturated rings. The Bertz CT molecular complexity index is 627. The van der Waals surface area contributed by atoms with Crippen LogP contribution in [0.4, 0.5) is 0 Å². The number of Topliss-reactive ketones (excluding diaryl/α,β-unsaturated/α-hetero) is 2. The fraction of sp³-hybridized carbons (Fsp3) is 0.579. The maximum Gasteiger partial charge on any atom is 0.148 e. The van der Waals surface area contributed by atoms with Crippen LogP contribution in [0.5, 0.6) is 5.75 Å². The fourth-order valence-electron chi connectivity index (χ4n) is 4.37. The lowest BCUT2D eigenvalue weighted by atomic mass is 9.61. The lowest BCUT2D eigenvalue weighted by molar-refractivity contribution is -0.138. The van der Waals surface area contributed by atoms with E-state index in [0.29, 0.717) is 18.6 Å². The van der Waals surface area contributed by atoms with E-state index in [1.54, 1.807) is 25.3 Å². The molecule has 24 heavy (non-hydrogen) atoms. The van der Waals surface area contributed by atoms with Gasteiger partial charge in [0.25, 0.3) is 0 Å². The number of ketones is 2. The second-order valence-electron chi connectivity index (χ2n) is 7.29. The number of benzene rings is 1. The van der Waals surface area contributed by atoms with Crippen molar-refractivity contribution in [3.05, 3.63) is 29.3 Å². The summed E-state index contributed by atoms with van der Waals surface area (Å²) < 4.78 is 5.41. The molecular weight excluding hydrogens is 306 g/mol. The number of nitrogens with two attached hydrogens (primary N) is 1. The number of methoxy groups -OCH3 is 1. The van der Waals surface area contributed by atoms with Gasteiger partial charge < -0.3 is 9.57 Å². The molecule has 0 atom stereocenters. The normalized spacial score (nSPS) is 30.6. The lowest BCUT2D eigenvalue weighted by Crippen LogP contribution is -2.42. The first-order valence-electron chi connectivity index (χ1n) is 8.53. The third-order valence-electron chi connectivity index (χ3n) is 5.76. The van der Waals surface area contributed by atoms with Crippen LogP contribution >= 0.6 is 0 Å². The molecule has 5 nitrogen and oxygen atoms in total. The molecule has 0 amide bonds. The molecule has 2 aliphatic carbocycles. The van der Waals surface area contributed by atoms with Gasteiger partial charge in [-0.25, -0.2) is 0 Å². The molecule has 2 aliphatic rings. The van der Waals surface area contributed by atoms with Crippen LogP contribution in [-0.2, 0) is 14.3 Å². The van der Waals surface area contributed by atoms with Gasteiger partial charge in [-0.1, -0.05) is 6.07 Å². The summed E-state index contributed by atoms with van der Waals surface area (Å²) in [5.41, 5.74) is 1.50. The van der Waals surface area contributed by atoms with Gasteiger partial charge in [0, 0.05) is 20.0 Å². The highest BCUT2D eigenvalue weighted by atomic mass is 16.6.